The lowest BCUT2D eigenvalue weighted by molar-refractivity contribution is -0.00899. The van der Waals surface area contributed by atoms with Crippen molar-refractivity contribution in [1.29, 1.82) is 0 Å². The van der Waals surface area contributed by atoms with Gasteiger partial charge in [-0.2, -0.15) is 0 Å². The van der Waals surface area contributed by atoms with Crippen molar-refractivity contribution in [3.8, 4) is 5.75 Å². The predicted molar refractivity (Wildman–Crippen MR) is 103 cm³/mol. The Morgan fingerprint density at radius 3 is 2.12 bits per heavy atom. The maximum Gasteiger partial charge on any atom is 0.119 e. The van der Waals surface area contributed by atoms with Crippen LogP contribution in [0.2, 0.25) is 0 Å². The topological polar surface area (TPSA) is 45.2 Å². The van der Waals surface area contributed by atoms with Gasteiger partial charge in [-0.3, -0.25) is 4.90 Å². The third-order valence-corrected chi connectivity index (χ3v) is 3.90. The van der Waals surface area contributed by atoms with E-state index in [2.05, 4.69) is 21.9 Å². The summed E-state index contributed by atoms with van der Waals surface area (Å²) in [7, 11) is 1.68. The van der Waals surface area contributed by atoms with E-state index in [0.29, 0.717) is 13.2 Å². The molecule has 1 aromatic rings. The second-order valence-electron chi connectivity index (χ2n) is 6.02. The predicted octanol–water partition coefficient (Wildman–Crippen LogP) is 2.45. The van der Waals surface area contributed by atoms with E-state index in [0.717, 1.165) is 31.9 Å². The number of hydrogen-bond acceptors (Lipinski definition) is 5. The van der Waals surface area contributed by atoms with Gasteiger partial charge in [0, 0.05) is 38.4 Å². The molecule has 0 saturated carbocycles. The van der Waals surface area contributed by atoms with Crippen molar-refractivity contribution in [2.45, 2.75) is 26.1 Å². The van der Waals surface area contributed by atoms with Crippen LogP contribution in [0.15, 0.2) is 24.3 Å². The lowest BCUT2D eigenvalue weighted by atomic mass is 10.2. The summed E-state index contributed by atoms with van der Waals surface area (Å²) in [5.41, 5.74) is 1.23. The Morgan fingerprint density at radius 2 is 1.62 bits per heavy atom. The summed E-state index contributed by atoms with van der Waals surface area (Å²) >= 11 is 0. The molecule has 0 bridgehead atoms. The molecule has 0 radical (unpaired) electrons. The first-order chi connectivity index (χ1) is 10.6. The van der Waals surface area contributed by atoms with Crippen LogP contribution in [0.5, 0.6) is 5.75 Å². The Kier molecular flexibility index (Phi) is 11.4. The Morgan fingerprint density at radius 1 is 1.04 bits per heavy atom. The molecule has 1 aliphatic heterocycles. The Hall–Kier alpha value is -0.720. The normalized spacial score (nSPS) is 16.3. The minimum Gasteiger partial charge on any atom is -0.497 e. The van der Waals surface area contributed by atoms with Gasteiger partial charge in [-0.25, -0.2) is 0 Å². The summed E-state index contributed by atoms with van der Waals surface area (Å²) in [5.74, 6) is 0.885. The molecule has 1 unspecified atom stereocenters. The molecule has 1 atom stereocenters. The zero-order valence-corrected chi connectivity index (χ0v) is 16.3. The third-order valence-electron chi connectivity index (χ3n) is 3.90. The van der Waals surface area contributed by atoms with Crippen LogP contribution in [0.3, 0.4) is 0 Å². The van der Waals surface area contributed by atoms with E-state index >= 15 is 0 Å². The summed E-state index contributed by atoms with van der Waals surface area (Å²) < 4.78 is 10.6. The molecule has 140 valence electrons. The molecule has 1 heterocycles. The van der Waals surface area contributed by atoms with Gasteiger partial charge in [0.1, 0.15) is 5.75 Å². The molecule has 1 N–H and O–H groups in total. The third kappa shape index (κ3) is 7.45. The number of benzene rings is 1. The van der Waals surface area contributed by atoms with E-state index in [1.165, 1.54) is 5.69 Å². The second kappa shape index (κ2) is 11.8. The molecule has 1 aromatic carbocycles. The van der Waals surface area contributed by atoms with Crippen molar-refractivity contribution in [2.75, 3.05) is 51.3 Å². The molecule has 5 nitrogen and oxygen atoms in total. The highest BCUT2D eigenvalue weighted by atomic mass is 35.5. The van der Waals surface area contributed by atoms with Crippen molar-refractivity contribution in [3.63, 3.8) is 0 Å². The zero-order chi connectivity index (χ0) is 15.9. The van der Waals surface area contributed by atoms with Crippen LogP contribution in [0.1, 0.15) is 13.8 Å². The first kappa shape index (κ1) is 23.3. The van der Waals surface area contributed by atoms with E-state index in [9.17, 15) is 5.11 Å². The number of β-amino-alcohol motifs (C(OH)–C–C–N with tert-alkyl or cyclic N) is 1. The van der Waals surface area contributed by atoms with Crippen LogP contribution in [-0.4, -0.2) is 68.7 Å². The number of hydrogen-bond donors (Lipinski definition) is 1. The number of halogens is 2. The highest BCUT2D eigenvalue weighted by Gasteiger charge is 2.19. The van der Waals surface area contributed by atoms with Crippen LogP contribution in [0, 0.1) is 0 Å². The fraction of sp³-hybridized carbons (Fsp3) is 0.647. The highest BCUT2D eigenvalue weighted by molar-refractivity contribution is 5.85. The van der Waals surface area contributed by atoms with E-state index in [1.807, 2.05) is 26.0 Å². The van der Waals surface area contributed by atoms with Gasteiger partial charge in [-0.15, -0.1) is 24.8 Å². The van der Waals surface area contributed by atoms with Gasteiger partial charge in [0.05, 0.1) is 25.9 Å². The minimum absolute atomic E-state index is 0. The number of anilines is 1. The number of aliphatic hydroxyl groups excluding tert-OH is 1. The van der Waals surface area contributed by atoms with Crippen LogP contribution in [0.4, 0.5) is 5.69 Å². The van der Waals surface area contributed by atoms with Crippen LogP contribution in [0.25, 0.3) is 0 Å². The van der Waals surface area contributed by atoms with Crippen molar-refractivity contribution in [2.24, 2.45) is 0 Å². The number of piperazine rings is 1. The summed E-state index contributed by atoms with van der Waals surface area (Å²) in [6.45, 7) is 8.95. The first-order valence-corrected chi connectivity index (χ1v) is 7.99. The maximum absolute atomic E-state index is 10.00. The molecule has 0 aliphatic carbocycles. The summed E-state index contributed by atoms with van der Waals surface area (Å²) in [6.07, 6.45) is -0.239. The SMILES string of the molecule is COc1ccc(N2CCN(CC(O)COC(C)C)CC2)cc1.Cl.Cl. The number of methoxy groups -OCH3 is 1. The zero-order valence-electron chi connectivity index (χ0n) is 14.7. The molecule has 0 amide bonds. The van der Waals surface area contributed by atoms with Crippen LogP contribution < -0.4 is 9.64 Å². The largest absolute Gasteiger partial charge is 0.497 e. The van der Waals surface area contributed by atoms with Crippen molar-refractivity contribution >= 4 is 30.5 Å². The maximum atomic E-state index is 10.00. The molecule has 0 aromatic heterocycles. The van der Waals surface area contributed by atoms with Crippen molar-refractivity contribution in [1.82, 2.24) is 4.90 Å². The monoisotopic (exact) mass is 380 g/mol. The molecule has 1 aliphatic rings. The van der Waals surface area contributed by atoms with E-state index in [1.54, 1.807) is 7.11 Å². The van der Waals surface area contributed by atoms with Crippen molar-refractivity contribution in [3.05, 3.63) is 24.3 Å². The molecular formula is C17H30Cl2N2O3. The van der Waals surface area contributed by atoms with Gasteiger partial charge in [0.15, 0.2) is 0 Å². The van der Waals surface area contributed by atoms with Crippen molar-refractivity contribution < 1.29 is 14.6 Å². The van der Waals surface area contributed by atoms with Gasteiger partial charge in [-0.1, -0.05) is 0 Å². The second-order valence-corrected chi connectivity index (χ2v) is 6.02. The van der Waals surface area contributed by atoms with E-state index in [-0.39, 0.29) is 30.9 Å². The average molecular weight is 381 g/mol. The van der Waals surface area contributed by atoms with Crippen LogP contribution >= 0.6 is 24.8 Å². The first-order valence-electron chi connectivity index (χ1n) is 7.99. The molecule has 0 spiro atoms. The Bertz CT molecular complexity index is 438. The van der Waals surface area contributed by atoms with Gasteiger partial charge in [0.2, 0.25) is 0 Å². The van der Waals surface area contributed by atoms with E-state index < -0.39 is 6.10 Å². The Labute approximate surface area is 157 Å². The fourth-order valence-corrected chi connectivity index (χ4v) is 2.64. The molecule has 1 saturated heterocycles. The van der Waals surface area contributed by atoms with Crippen LogP contribution in [-0.2, 0) is 4.74 Å². The van der Waals surface area contributed by atoms with Gasteiger partial charge in [0.25, 0.3) is 0 Å². The lowest BCUT2D eigenvalue weighted by Gasteiger charge is -2.37. The number of nitrogens with zero attached hydrogens (tertiary/aromatic N) is 2. The average Bonchev–Trinajstić information content (AvgIpc) is 2.54. The number of rotatable bonds is 7. The summed E-state index contributed by atoms with van der Waals surface area (Å²) in [6, 6.07) is 8.18. The van der Waals surface area contributed by atoms with Gasteiger partial charge < -0.3 is 19.5 Å². The molecule has 1 fully saturated rings. The van der Waals surface area contributed by atoms with E-state index in [4.69, 9.17) is 9.47 Å². The quantitative estimate of drug-likeness (QED) is 0.786. The lowest BCUT2D eigenvalue weighted by Crippen LogP contribution is -2.49. The smallest absolute Gasteiger partial charge is 0.119 e. The molecule has 24 heavy (non-hydrogen) atoms. The number of aliphatic hydroxyl groups is 1. The summed E-state index contributed by atoms with van der Waals surface area (Å²) in [5, 5.41) is 10.00. The van der Waals surface area contributed by atoms with Gasteiger partial charge >= 0.3 is 0 Å². The molecule has 7 heteroatoms. The minimum atomic E-state index is -0.407. The highest BCUT2D eigenvalue weighted by Crippen LogP contribution is 2.20. The Balaban J connectivity index is 0.00000264. The molecule has 2 rings (SSSR count). The standard InChI is InChI=1S/C17H28N2O3.2ClH/c1-14(2)22-13-16(20)12-18-8-10-19(11-9-18)15-4-6-17(21-3)7-5-15;;/h4-7,14,16,20H,8-13H2,1-3H3;2*1H. The molecular weight excluding hydrogens is 351 g/mol. The fourth-order valence-electron chi connectivity index (χ4n) is 2.64. The number of ether oxygens (including phenoxy) is 2. The van der Waals surface area contributed by atoms with Gasteiger partial charge in [-0.05, 0) is 38.1 Å². The summed E-state index contributed by atoms with van der Waals surface area (Å²) in [4.78, 5) is 4.67.